The lowest BCUT2D eigenvalue weighted by Crippen LogP contribution is -2.38. The third-order valence-corrected chi connectivity index (χ3v) is 5.78. The maximum absolute atomic E-state index is 13.0. The molecule has 0 unspecified atom stereocenters. The Labute approximate surface area is 168 Å². The molecule has 5 nitrogen and oxygen atoms in total. The molecular weight excluding hydrogens is 352 g/mol. The molecule has 2 aromatic rings. The number of hydrogen-bond acceptors (Lipinski definition) is 3. The van der Waals surface area contributed by atoms with E-state index >= 15 is 0 Å². The molecule has 28 heavy (non-hydrogen) atoms. The molecule has 1 heterocycles. The summed E-state index contributed by atoms with van der Waals surface area (Å²) in [6, 6.07) is 9.69. The number of amides is 2. The van der Waals surface area contributed by atoms with Crippen molar-refractivity contribution in [3.05, 3.63) is 63.7 Å². The van der Waals surface area contributed by atoms with Gasteiger partial charge in [-0.05, 0) is 67.6 Å². The second-order valence-electron chi connectivity index (χ2n) is 7.52. The van der Waals surface area contributed by atoms with Crippen molar-refractivity contribution < 1.29 is 15.8 Å². The number of carbonyl (C=O) groups is 2. The summed E-state index contributed by atoms with van der Waals surface area (Å²) in [5.74, 6) is 0.612. The van der Waals surface area contributed by atoms with Crippen LogP contribution in [0, 0.1) is 13.8 Å². The second kappa shape index (κ2) is 8.05. The van der Waals surface area contributed by atoms with Crippen LogP contribution in [0.1, 0.15) is 57.7 Å². The lowest BCUT2D eigenvalue weighted by atomic mass is 9.92. The Kier molecular flexibility index (Phi) is 5.73. The summed E-state index contributed by atoms with van der Waals surface area (Å²) in [4.78, 5) is 26.6. The van der Waals surface area contributed by atoms with Gasteiger partial charge in [-0.2, -0.15) is 0 Å². The molecule has 1 aliphatic rings. The van der Waals surface area contributed by atoms with Gasteiger partial charge in [-0.25, -0.2) is 0 Å². The highest BCUT2D eigenvalue weighted by atomic mass is 16.5. The van der Waals surface area contributed by atoms with E-state index in [0.29, 0.717) is 29.9 Å². The fourth-order valence-corrected chi connectivity index (χ4v) is 3.54. The van der Waals surface area contributed by atoms with Gasteiger partial charge in [0.05, 0.1) is 12.2 Å². The van der Waals surface area contributed by atoms with Crippen molar-refractivity contribution in [2.75, 3.05) is 20.7 Å². The summed E-state index contributed by atoms with van der Waals surface area (Å²) in [5.41, 5.74) is 5.62. The van der Waals surface area contributed by atoms with Crippen molar-refractivity contribution in [3.8, 4) is 5.75 Å². The quantitative estimate of drug-likeness (QED) is 0.880. The zero-order valence-electron chi connectivity index (χ0n) is 17.3. The van der Waals surface area contributed by atoms with Crippen LogP contribution < -0.4 is 10.1 Å². The van der Waals surface area contributed by atoms with Crippen LogP contribution >= 0.6 is 0 Å². The summed E-state index contributed by atoms with van der Waals surface area (Å²) in [5, 5.41) is 2.63. The van der Waals surface area contributed by atoms with E-state index in [1.807, 2.05) is 51.2 Å². The maximum atomic E-state index is 13.0. The van der Waals surface area contributed by atoms with E-state index in [1.54, 1.807) is 11.9 Å². The number of rotatable bonds is 3. The Morgan fingerprint density at radius 1 is 1.25 bits per heavy atom. The summed E-state index contributed by atoms with van der Waals surface area (Å²) in [7, 11) is 3.48. The first-order valence-corrected chi connectivity index (χ1v) is 9.67. The van der Waals surface area contributed by atoms with Crippen LogP contribution in [-0.4, -0.2) is 43.5 Å². The first-order valence-electron chi connectivity index (χ1n) is 9.67. The molecule has 3 rings (SSSR count). The number of carbonyl (C=O) groups excluding carboxylic acids is 2. The number of nitrogens with one attached hydrogen (secondary N) is 1. The molecule has 1 aliphatic heterocycles. The molecule has 2 amide bonds. The van der Waals surface area contributed by atoms with Crippen LogP contribution in [0.2, 0.25) is 0 Å². The fraction of sp³-hybridized carbons (Fsp3) is 0.391. The predicted octanol–water partition coefficient (Wildman–Crippen LogP) is 3.74. The SMILES string of the molecule is CNC(=O)c1ccc(Cc2cc3c(c(C)c2C)OCC[C@H](C)N(C)C3=O)cc1.[HH]. The van der Waals surface area contributed by atoms with E-state index in [-0.39, 0.29) is 19.3 Å². The minimum Gasteiger partial charge on any atom is -0.492 e. The third-order valence-electron chi connectivity index (χ3n) is 5.78. The Bertz CT molecular complexity index is 909. The highest BCUT2D eigenvalue weighted by molar-refractivity contribution is 5.98. The normalized spacial score (nSPS) is 16.7. The van der Waals surface area contributed by atoms with Gasteiger partial charge in [-0.3, -0.25) is 9.59 Å². The molecule has 150 valence electrons. The van der Waals surface area contributed by atoms with Crippen LogP contribution in [0.5, 0.6) is 5.75 Å². The van der Waals surface area contributed by atoms with Gasteiger partial charge in [-0.1, -0.05) is 12.1 Å². The van der Waals surface area contributed by atoms with Gasteiger partial charge < -0.3 is 15.0 Å². The minimum absolute atomic E-state index is 0. The van der Waals surface area contributed by atoms with E-state index in [9.17, 15) is 9.59 Å². The van der Waals surface area contributed by atoms with Gasteiger partial charge in [0, 0.05) is 33.5 Å². The molecule has 1 atom stereocenters. The highest BCUT2D eigenvalue weighted by Gasteiger charge is 2.26. The molecule has 1 N–H and O–H groups in total. The Balaban J connectivity index is 0.00000300. The van der Waals surface area contributed by atoms with Gasteiger partial charge in [0.1, 0.15) is 5.75 Å². The van der Waals surface area contributed by atoms with Crippen LogP contribution in [0.15, 0.2) is 30.3 Å². The number of nitrogens with zero attached hydrogens (tertiary/aromatic N) is 1. The molecular formula is C23H30N2O3. The van der Waals surface area contributed by atoms with Gasteiger partial charge in [-0.15, -0.1) is 0 Å². The number of benzene rings is 2. The average molecular weight is 383 g/mol. The molecule has 0 spiro atoms. The minimum atomic E-state index is -0.0976. The number of ether oxygens (including phenoxy) is 1. The zero-order valence-corrected chi connectivity index (χ0v) is 17.3. The van der Waals surface area contributed by atoms with Gasteiger partial charge in [0.15, 0.2) is 0 Å². The third kappa shape index (κ3) is 3.75. The largest absolute Gasteiger partial charge is 0.492 e. The van der Waals surface area contributed by atoms with Crippen LogP contribution in [0.4, 0.5) is 0 Å². The van der Waals surface area contributed by atoms with Crippen LogP contribution in [0.3, 0.4) is 0 Å². The van der Waals surface area contributed by atoms with E-state index in [2.05, 4.69) is 12.2 Å². The average Bonchev–Trinajstić information content (AvgIpc) is 2.70. The van der Waals surface area contributed by atoms with Crippen molar-refractivity contribution in [2.45, 2.75) is 39.7 Å². The molecule has 0 saturated carbocycles. The fourth-order valence-electron chi connectivity index (χ4n) is 3.54. The standard InChI is InChI=1S/C23H28N2O3.H2/c1-14-10-11-28-21-16(3)15(2)19(13-20(21)23(27)25(14)5)12-17-6-8-18(9-7-17)22(26)24-4;/h6-9,13-14H,10-12H2,1-5H3,(H,24,26);1H/t14-;/m0./s1. The molecule has 0 radical (unpaired) electrons. The van der Waals surface area contributed by atoms with Crippen molar-refractivity contribution in [3.63, 3.8) is 0 Å². The molecule has 2 aromatic carbocycles. The van der Waals surface area contributed by atoms with Gasteiger partial charge >= 0.3 is 0 Å². The zero-order chi connectivity index (χ0) is 20.4. The summed E-state index contributed by atoms with van der Waals surface area (Å²) in [6.45, 7) is 6.74. The molecule has 0 bridgehead atoms. The Morgan fingerprint density at radius 3 is 2.57 bits per heavy atom. The number of hydrogen-bond donors (Lipinski definition) is 1. The summed E-state index contributed by atoms with van der Waals surface area (Å²) in [6.07, 6.45) is 1.51. The van der Waals surface area contributed by atoms with Crippen LogP contribution in [-0.2, 0) is 6.42 Å². The first kappa shape index (κ1) is 19.9. The smallest absolute Gasteiger partial charge is 0.257 e. The summed E-state index contributed by atoms with van der Waals surface area (Å²) >= 11 is 0. The van der Waals surface area contributed by atoms with Crippen molar-refractivity contribution in [2.24, 2.45) is 0 Å². The van der Waals surface area contributed by atoms with Crippen molar-refractivity contribution in [1.29, 1.82) is 0 Å². The van der Waals surface area contributed by atoms with E-state index in [1.165, 1.54) is 0 Å². The van der Waals surface area contributed by atoms with Crippen LogP contribution in [0.25, 0.3) is 0 Å². The van der Waals surface area contributed by atoms with Crippen molar-refractivity contribution >= 4 is 11.8 Å². The van der Waals surface area contributed by atoms with E-state index < -0.39 is 0 Å². The van der Waals surface area contributed by atoms with Crippen molar-refractivity contribution in [1.82, 2.24) is 10.2 Å². The molecule has 5 heteroatoms. The predicted molar refractivity (Wildman–Crippen MR) is 112 cm³/mol. The van der Waals surface area contributed by atoms with Gasteiger partial charge in [0.2, 0.25) is 0 Å². The monoisotopic (exact) mass is 382 g/mol. The van der Waals surface area contributed by atoms with E-state index in [0.717, 1.165) is 28.7 Å². The lowest BCUT2D eigenvalue weighted by Gasteiger charge is -2.30. The molecule has 0 aromatic heterocycles. The topological polar surface area (TPSA) is 58.6 Å². The maximum Gasteiger partial charge on any atom is 0.257 e. The lowest BCUT2D eigenvalue weighted by molar-refractivity contribution is 0.0699. The summed E-state index contributed by atoms with van der Waals surface area (Å²) < 4.78 is 6.00. The molecule has 0 aliphatic carbocycles. The Hall–Kier alpha value is -2.82. The van der Waals surface area contributed by atoms with E-state index in [4.69, 9.17) is 4.74 Å². The number of fused-ring (bicyclic) bond motifs is 1. The highest BCUT2D eigenvalue weighted by Crippen LogP contribution is 2.33. The Morgan fingerprint density at radius 2 is 1.93 bits per heavy atom. The molecule has 0 saturated heterocycles. The van der Waals surface area contributed by atoms with Gasteiger partial charge in [0.25, 0.3) is 11.8 Å². The second-order valence-corrected chi connectivity index (χ2v) is 7.52. The first-order chi connectivity index (χ1) is 13.3. The molecule has 0 fully saturated rings.